The van der Waals surface area contributed by atoms with E-state index in [1.807, 2.05) is 13.8 Å². The van der Waals surface area contributed by atoms with Gasteiger partial charge in [0.1, 0.15) is 11.9 Å². The summed E-state index contributed by atoms with van der Waals surface area (Å²) in [5.41, 5.74) is 0.634. The maximum atomic E-state index is 13.6. The summed E-state index contributed by atoms with van der Waals surface area (Å²) in [5, 5.41) is 32.0. The molecule has 0 radical (unpaired) electrons. The summed E-state index contributed by atoms with van der Waals surface area (Å²) in [6.45, 7) is 8.23. The first kappa shape index (κ1) is 26.3. The van der Waals surface area contributed by atoms with E-state index in [1.54, 1.807) is 0 Å². The lowest BCUT2D eigenvalue weighted by Crippen LogP contribution is -2.66. The highest BCUT2D eigenvalue weighted by Gasteiger charge is 2.67. The molecular formula is C29H44O7. The van der Waals surface area contributed by atoms with Gasteiger partial charge < -0.3 is 24.8 Å². The predicted molar refractivity (Wildman–Crippen MR) is 133 cm³/mol. The van der Waals surface area contributed by atoms with Crippen molar-refractivity contribution in [3.63, 3.8) is 0 Å². The fourth-order valence-corrected chi connectivity index (χ4v) is 9.89. The van der Waals surface area contributed by atoms with Gasteiger partial charge in [0.15, 0.2) is 0 Å². The Labute approximate surface area is 214 Å². The van der Waals surface area contributed by atoms with Gasteiger partial charge in [0, 0.05) is 31.3 Å². The average molecular weight is 505 g/mol. The smallest absolute Gasteiger partial charge is 0.336 e. The van der Waals surface area contributed by atoms with Crippen LogP contribution in [0.4, 0.5) is 0 Å². The minimum absolute atomic E-state index is 0.0518. The van der Waals surface area contributed by atoms with Crippen molar-refractivity contribution < 1.29 is 34.4 Å². The van der Waals surface area contributed by atoms with Crippen molar-refractivity contribution in [1.82, 2.24) is 0 Å². The Hall–Kier alpha value is -1.28. The van der Waals surface area contributed by atoms with Crippen LogP contribution in [0, 0.1) is 46.3 Å². The number of ether oxygens (including phenoxy) is 2. The summed E-state index contributed by atoms with van der Waals surface area (Å²) in [4.78, 5) is 26.1. The monoisotopic (exact) mass is 504 g/mol. The highest BCUT2D eigenvalue weighted by atomic mass is 16.5. The highest BCUT2D eigenvalue weighted by Crippen LogP contribution is 2.68. The molecule has 7 heteroatoms. The quantitative estimate of drug-likeness (QED) is 0.504. The summed E-state index contributed by atoms with van der Waals surface area (Å²) in [6.07, 6.45) is 3.21. The van der Waals surface area contributed by atoms with Crippen LogP contribution in [0.2, 0.25) is 0 Å². The van der Waals surface area contributed by atoms with Gasteiger partial charge in [0.25, 0.3) is 0 Å². The SMILES string of the molecule is CO[C@H]1CC(=O)[C@]2(C)C3CC[C@@]4(C)C(CCC4[C@H](C)[C@H]4CC(C)=C(CO)C(=O)O4)C3C[C@@H](O)C2[C@H]1O. The van der Waals surface area contributed by atoms with Crippen LogP contribution >= 0.6 is 0 Å². The Morgan fingerprint density at radius 1 is 1.11 bits per heavy atom. The van der Waals surface area contributed by atoms with E-state index < -0.39 is 29.6 Å². The van der Waals surface area contributed by atoms with Crippen LogP contribution in [-0.2, 0) is 19.1 Å². The van der Waals surface area contributed by atoms with Gasteiger partial charge in [-0.2, -0.15) is 0 Å². The van der Waals surface area contributed by atoms with Crippen molar-refractivity contribution >= 4 is 11.8 Å². The number of hydrogen-bond acceptors (Lipinski definition) is 7. The number of cyclic esters (lactones) is 1. The second-order valence-electron chi connectivity index (χ2n) is 13.0. The summed E-state index contributed by atoms with van der Waals surface area (Å²) in [7, 11) is 1.53. The molecule has 5 rings (SSSR count). The van der Waals surface area contributed by atoms with E-state index >= 15 is 0 Å². The number of aliphatic hydroxyl groups is 3. The molecule has 0 aromatic heterocycles. The van der Waals surface area contributed by atoms with Crippen molar-refractivity contribution in [2.45, 2.75) is 97.1 Å². The van der Waals surface area contributed by atoms with E-state index in [0.717, 1.165) is 31.3 Å². The molecule has 0 aromatic rings. The Bertz CT molecular complexity index is 944. The van der Waals surface area contributed by atoms with Gasteiger partial charge in [-0.1, -0.05) is 26.3 Å². The normalized spacial score (nSPS) is 49.7. The van der Waals surface area contributed by atoms with Crippen LogP contribution in [-0.4, -0.2) is 65.2 Å². The maximum absolute atomic E-state index is 13.6. The molecule has 7 nitrogen and oxygen atoms in total. The van der Waals surface area contributed by atoms with E-state index in [4.69, 9.17) is 9.47 Å². The molecule has 12 atom stereocenters. The number of methoxy groups -OCH3 is 1. The third kappa shape index (κ3) is 3.59. The molecule has 4 fully saturated rings. The number of ketones is 1. The van der Waals surface area contributed by atoms with Crippen molar-refractivity contribution in [2.75, 3.05) is 13.7 Å². The Morgan fingerprint density at radius 3 is 2.47 bits per heavy atom. The third-order valence-corrected chi connectivity index (χ3v) is 11.8. The number of carbonyl (C=O) groups is 2. The molecule has 1 aliphatic heterocycles. The second-order valence-corrected chi connectivity index (χ2v) is 13.0. The molecule has 36 heavy (non-hydrogen) atoms. The number of aliphatic hydroxyl groups excluding tert-OH is 3. The minimum atomic E-state index is -0.834. The predicted octanol–water partition coefficient (Wildman–Crippen LogP) is 3.04. The van der Waals surface area contributed by atoms with E-state index in [9.17, 15) is 24.9 Å². The van der Waals surface area contributed by atoms with E-state index in [2.05, 4.69) is 13.8 Å². The Balaban J connectivity index is 1.40. The topological polar surface area (TPSA) is 113 Å². The molecule has 5 aliphatic rings. The summed E-state index contributed by atoms with van der Waals surface area (Å²) < 4.78 is 11.3. The molecule has 4 saturated carbocycles. The van der Waals surface area contributed by atoms with Crippen LogP contribution in [0.15, 0.2) is 11.1 Å². The average Bonchev–Trinajstić information content (AvgIpc) is 3.18. The van der Waals surface area contributed by atoms with Crippen LogP contribution in [0.25, 0.3) is 0 Å². The molecular weight excluding hydrogens is 460 g/mol. The van der Waals surface area contributed by atoms with Crippen molar-refractivity contribution in [3.05, 3.63) is 11.1 Å². The number of rotatable bonds is 4. The van der Waals surface area contributed by atoms with Gasteiger partial charge in [0.05, 0.1) is 30.5 Å². The first-order valence-corrected chi connectivity index (χ1v) is 13.9. The minimum Gasteiger partial charge on any atom is -0.458 e. The van der Waals surface area contributed by atoms with Crippen LogP contribution in [0.1, 0.15) is 72.6 Å². The fraction of sp³-hybridized carbons (Fsp3) is 0.862. The zero-order valence-electron chi connectivity index (χ0n) is 22.4. The van der Waals surface area contributed by atoms with E-state index in [1.165, 1.54) is 7.11 Å². The van der Waals surface area contributed by atoms with E-state index in [0.29, 0.717) is 30.3 Å². The Kier molecular flexibility index (Phi) is 6.71. The number of hydrogen-bond donors (Lipinski definition) is 3. The van der Waals surface area contributed by atoms with Crippen molar-refractivity contribution in [3.8, 4) is 0 Å². The van der Waals surface area contributed by atoms with Crippen molar-refractivity contribution in [2.24, 2.45) is 46.3 Å². The lowest BCUT2D eigenvalue weighted by atomic mass is 9.43. The number of fused-ring (bicyclic) bond motifs is 5. The molecule has 0 amide bonds. The van der Waals surface area contributed by atoms with Crippen molar-refractivity contribution in [1.29, 1.82) is 0 Å². The van der Waals surface area contributed by atoms with Crippen LogP contribution in [0.3, 0.4) is 0 Å². The van der Waals surface area contributed by atoms with Crippen LogP contribution < -0.4 is 0 Å². The molecule has 0 aromatic carbocycles. The van der Waals surface area contributed by atoms with E-state index in [-0.39, 0.29) is 54.1 Å². The molecule has 0 bridgehead atoms. The third-order valence-electron chi connectivity index (χ3n) is 11.8. The number of carbonyl (C=O) groups excluding carboxylic acids is 2. The zero-order chi connectivity index (χ0) is 26.2. The van der Waals surface area contributed by atoms with Gasteiger partial charge in [0.2, 0.25) is 0 Å². The van der Waals surface area contributed by atoms with Crippen LogP contribution in [0.5, 0.6) is 0 Å². The molecule has 0 saturated heterocycles. The number of Topliss-reactive ketones (excluding diaryl/α,β-unsaturated/α-hetero) is 1. The Morgan fingerprint density at radius 2 is 1.83 bits per heavy atom. The summed E-state index contributed by atoms with van der Waals surface area (Å²) in [6, 6.07) is 0. The van der Waals surface area contributed by atoms with Gasteiger partial charge >= 0.3 is 5.97 Å². The lowest BCUT2D eigenvalue weighted by molar-refractivity contribution is -0.212. The highest BCUT2D eigenvalue weighted by molar-refractivity contribution is 5.90. The van der Waals surface area contributed by atoms with Gasteiger partial charge in [-0.05, 0) is 74.0 Å². The van der Waals surface area contributed by atoms with Gasteiger partial charge in [-0.3, -0.25) is 4.79 Å². The molecule has 4 aliphatic carbocycles. The second kappa shape index (κ2) is 9.18. The fourth-order valence-electron chi connectivity index (χ4n) is 9.89. The summed E-state index contributed by atoms with van der Waals surface area (Å²) in [5.74, 6) is 0.617. The molecule has 1 heterocycles. The lowest BCUT2D eigenvalue weighted by Gasteiger charge is -2.62. The standard InChI is InChI=1S/C29H44O7/c1-14-10-22(36-27(34)17(14)13-30)15(2)18-6-7-19-16-11-21(31)25-26(33)23(35-5)12-24(32)29(25,4)20(16)8-9-28(18,19)3/h15-16,18-23,25-26,30-31,33H,6-13H2,1-5H3/t15-,16?,18?,19?,20?,21+,22+,23-,25?,26-,28+,29-/m0/s1. The van der Waals surface area contributed by atoms with Gasteiger partial charge in [-0.15, -0.1) is 0 Å². The first-order chi connectivity index (χ1) is 17.0. The molecule has 5 unspecified atom stereocenters. The maximum Gasteiger partial charge on any atom is 0.336 e. The zero-order valence-corrected chi connectivity index (χ0v) is 22.4. The number of esters is 1. The largest absolute Gasteiger partial charge is 0.458 e. The molecule has 202 valence electrons. The molecule has 3 N–H and O–H groups in total. The summed E-state index contributed by atoms with van der Waals surface area (Å²) >= 11 is 0. The first-order valence-electron chi connectivity index (χ1n) is 13.9. The molecule has 0 spiro atoms. The van der Waals surface area contributed by atoms with Gasteiger partial charge in [-0.25, -0.2) is 4.79 Å².